The van der Waals surface area contributed by atoms with E-state index < -0.39 is 28.6 Å². The Morgan fingerprint density at radius 3 is 2.50 bits per heavy atom. The van der Waals surface area contributed by atoms with Gasteiger partial charge >= 0.3 is 6.18 Å². The first-order valence-corrected chi connectivity index (χ1v) is 8.45. The van der Waals surface area contributed by atoms with Crippen LogP contribution >= 0.6 is 22.9 Å². The second-order valence-electron chi connectivity index (χ2n) is 5.41. The number of carbonyl (C=O) groups excluding carboxylic acids is 2. The number of primary amides is 1. The molecule has 0 saturated carbocycles. The molecule has 3 N–H and O–H groups in total. The third-order valence-electron chi connectivity index (χ3n) is 3.59. The number of hydrogen-bond donors (Lipinski definition) is 2. The van der Waals surface area contributed by atoms with Crippen LogP contribution in [-0.2, 0) is 11.0 Å². The van der Waals surface area contributed by atoms with Gasteiger partial charge in [0, 0.05) is 11.0 Å². The summed E-state index contributed by atoms with van der Waals surface area (Å²) in [6.45, 7) is 3.49. The van der Waals surface area contributed by atoms with Crippen molar-refractivity contribution in [3.63, 3.8) is 0 Å². The van der Waals surface area contributed by atoms with Crippen molar-refractivity contribution in [3.8, 4) is 0 Å². The predicted octanol–water partition coefficient (Wildman–Crippen LogP) is 4.79. The Morgan fingerprint density at radius 1 is 1.27 bits per heavy atom. The fraction of sp³-hybridized carbons (Fsp3) is 0.176. The van der Waals surface area contributed by atoms with Crippen LogP contribution in [-0.4, -0.2) is 11.8 Å². The van der Waals surface area contributed by atoms with E-state index in [0.717, 1.165) is 23.1 Å². The molecule has 1 aromatic carbocycles. The van der Waals surface area contributed by atoms with Crippen molar-refractivity contribution in [2.24, 2.45) is 5.73 Å². The van der Waals surface area contributed by atoms with Gasteiger partial charge in [-0.05, 0) is 43.2 Å². The van der Waals surface area contributed by atoms with Crippen molar-refractivity contribution in [2.75, 3.05) is 5.32 Å². The maximum Gasteiger partial charge on any atom is 0.417 e. The molecule has 0 saturated heterocycles. The van der Waals surface area contributed by atoms with E-state index in [1.165, 1.54) is 23.5 Å². The molecule has 0 fully saturated rings. The number of carbonyl (C=O) groups is 2. The molecule has 2 rings (SSSR count). The van der Waals surface area contributed by atoms with Gasteiger partial charge in [0.05, 0.1) is 16.1 Å². The molecule has 0 unspecified atom stereocenters. The first kappa shape index (κ1) is 20.0. The number of amides is 2. The van der Waals surface area contributed by atoms with Crippen LogP contribution in [0.4, 0.5) is 18.2 Å². The monoisotopic (exact) mass is 402 g/mol. The molecule has 1 aromatic heterocycles. The quantitative estimate of drug-likeness (QED) is 0.722. The molecule has 0 aliphatic rings. The topological polar surface area (TPSA) is 72.2 Å². The van der Waals surface area contributed by atoms with Crippen LogP contribution in [0.5, 0.6) is 0 Å². The molecule has 2 aromatic rings. The maximum absolute atomic E-state index is 12.8. The smallest absolute Gasteiger partial charge is 0.365 e. The van der Waals surface area contributed by atoms with E-state index in [1.54, 1.807) is 13.8 Å². The Hall–Kier alpha value is -2.32. The number of aryl methyl sites for hydroxylation is 1. The molecule has 0 aliphatic carbocycles. The van der Waals surface area contributed by atoms with Gasteiger partial charge in [-0.25, -0.2) is 0 Å². The van der Waals surface area contributed by atoms with E-state index in [-0.39, 0.29) is 11.1 Å². The van der Waals surface area contributed by atoms with Gasteiger partial charge in [0.2, 0.25) is 5.91 Å². The standard InChI is InChI=1S/C17H14ClF3N2O2S/c1-8-9(2)26-16(14(8)15(22)25)23-13(24)6-4-10-3-5-12(18)11(7-10)17(19,20)21/h3-7H,1-2H3,(H2,22,25)(H,23,24)/b6-4+. The van der Waals surface area contributed by atoms with E-state index in [0.29, 0.717) is 10.6 Å². The van der Waals surface area contributed by atoms with Crippen molar-refractivity contribution >= 4 is 45.8 Å². The molecule has 9 heteroatoms. The second kappa shape index (κ2) is 7.51. The molecule has 138 valence electrons. The van der Waals surface area contributed by atoms with E-state index in [9.17, 15) is 22.8 Å². The molecule has 4 nitrogen and oxygen atoms in total. The average molecular weight is 403 g/mol. The highest BCUT2D eigenvalue weighted by atomic mass is 35.5. The molecule has 0 bridgehead atoms. The molecule has 0 radical (unpaired) electrons. The highest BCUT2D eigenvalue weighted by Gasteiger charge is 2.33. The van der Waals surface area contributed by atoms with Crippen LogP contribution in [0.3, 0.4) is 0 Å². The zero-order valence-corrected chi connectivity index (χ0v) is 15.3. The van der Waals surface area contributed by atoms with E-state index in [2.05, 4.69) is 5.32 Å². The minimum atomic E-state index is -4.59. The predicted molar refractivity (Wildman–Crippen MR) is 96.4 cm³/mol. The molecular formula is C17H14ClF3N2O2S. The highest BCUT2D eigenvalue weighted by Crippen LogP contribution is 2.35. The molecule has 0 atom stereocenters. The minimum absolute atomic E-state index is 0.158. The number of hydrogen-bond acceptors (Lipinski definition) is 3. The zero-order chi connectivity index (χ0) is 19.6. The first-order valence-electron chi connectivity index (χ1n) is 7.26. The summed E-state index contributed by atoms with van der Waals surface area (Å²) in [5, 5.41) is 2.40. The number of halogens is 4. The van der Waals surface area contributed by atoms with Crippen LogP contribution in [0.25, 0.3) is 6.08 Å². The maximum atomic E-state index is 12.8. The zero-order valence-electron chi connectivity index (χ0n) is 13.7. The van der Waals surface area contributed by atoms with E-state index in [1.807, 2.05) is 0 Å². The number of nitrogens with one attached hydrogen (secondary N) is 1. The van der Waals surface area contributed by atoms with Gasteiger partial charge in [0.15, 0.2) is 0 Å². The lowest BCUT2D eigenvalue weighted by Gasteiger charge is -2.09. The molecule has 0 aliphatic heterocycles. The summed E-state index contributed by atoms with van der Waals surface area (Å²) in [6.07, 6.45) is -2.30. The molecule has 2 amide bonds. The Bertz CT molecular complexity index is 904. The lowest BCUT2D eigenvalue weighted by molar-refractivity contribution is -0.137. The average Bonchev–Trinajstić information content (AvgIpc) is 2.79. The summed E-state index contributed by atoms with van der Waals surface area (Å²) in [6, 6.07) is 3.31. The largest absolute Gasteiger partial charge is 0.417 e. The molecule has 26 heavy (non-hydrogen) atoms. The summed E-state index contributed by atoms with van der Waals surface area (Å²) < 4.78 is 38.5. The SMILES string of the molecule is Cc1sc(NC(=O)/C=C/c2ccc(Cl)c(C(F)(F)F)c2)c(C(N)=O)c1C. The Balaban J connectivity index is 2.21. The second-order valence-corrected chi connectivity index (χ2v) is 7.04. The van der Waals surface area contributed by atoms with Crippen LogP contribution in [0.2, 0.25) is 5.02 Å². The number of alkyl halides is 3. The van der Waals surface area contributed by atoms with Crippen molar-refractivity contribution < 1.29 is 22.8 Å². The van der Waals surface area contributed by atoms with Crippen LogP contribution < -0.4 is 11.1 Å². The third kappa shape index (κ3) is 4.44. The highest BCUT2D eigenvalue weighted by molar-refractivity contribution is 7.16. The van der Waals surface area contributed by atoms with E-state index in [4.69, 9.17) is 17.3 Å². The van der Waals surface area contributed by atoms with Crippen LogP contribution in [0.1, 0.15) is 31.9 Å². The minimum Gasteiger partial charge on any atom is -0.365 e. The normalized spacial score (nSPS) is 11.8. The Labute approximate surface area is 156 Å². The summed E-state index contributed by atoms with van der Waals surface area (Å²) in [4.78, 5) is 24.4. The van der Waals surface area contributed by atoms with Crippen molar-refractivity contribution in [3.05, 3.63) is 56.4 Å². The number of thiophene rings is 1. The van der Waals surface area contributed by atoms with Crippen LogP contribution in [0.15, 0.2) is 24.3 Å². The summed E-state index contributed by atoms with van der Waals surface area (Å²) in [5.74, 6) is -1.27. The molecule has 0 spiro atoms. The summed E-state index contributed by atoms with van der Waals surface area (Å²) in [5.41, 5.74) is 5.39. The van der Waals surface area contributed by atoms with Crippen molar-refractivity contribution in [1.82, 2.24) is 0 Å². The van der Waals surface area contributed by atoms with Crippen LogP contribution in [0, 0.1) is 13.8 Å². The number of nitrogens with two attached hydrogens (primary N) is 1. The Morgan fingerprint density at radius 2 is 1.92 bits per heavy atom. The molecular weight excluding hydrogens is 389 g/mol. The fourth-order valence-electron chi connectivity index (χ4n) is 2.20. The first-order chi connectivity index (χ1) is 12.0. The van der Waals surface area contributed by atoms with Gasteiger partial charge in [-0.2, -0.15) is 13.2 Å². The van der Waals surface area contributed by atoms with Gasteiger partial charge in [0.25, 0.3) is 5.91 Å². The third-order valence-corrected chi connectivity index (χ3v) is 5.04. The lowest BCUT2D eigenvalue weighted by Crippen LogP contribution is -2.16. The van der Waals surface area contributed by atoms with Crippen molar-refractivity contribution in [1.29, 1.82) is 0 Å². The Kier molecular flexibility index (Phi) is 5.77. The number of anilines is 1. The van der Waals surface area contributed by atoms with Gasteiger partial charge in [-0.3, -0.25) is 9.59 Å². The van der Waals surface area contributed by atoms with Gasteiger partial charge in [0.1, 0.15) is 5.00 Å². The van der Waals surface area contributed by atoms with Crippen molar-refractivity contribution in [2.45, 2.75) is 20.0 Å². The van der Waals surface area contributed by atoms with Gasteiger partial charge in [-0.1, -0.05) is 17.7 Å². The van der Waals surface area contributed by atoms with E-state index >= 15 is 0 Å². The summed E-state index contributed by atoms with van der Waals surface area (Å²) >= 11 is 6.74. The number of rotatable bonds is 4. The lowest BCUT2D eigenvalue weighted by atomic mass is 10.1. The molecule has 1 heterocycles. The fourth-order valence-corrected chi connectivity index (χ4v) is 3.49. The summed E-state index contributed by atoms with van der Waals surface area (Å²) in [7, 11) is 0. The number of benzene rings is 1. The van der Waals surface area contributed by atoms with Gasteiger partial charge in [-0.15, -0.1) is 11.3 Å². The van der Waals surface area contributed by atoms with Gasteiger partial charge < -0.3 is 11.1 Å².